The number of morpholine rings is 1. The summed E-state index contributed by atoms with van der Waals surface area (Å²) >= 11 is 0. The third-order valence-electron chi connectivity index (χ3n) is 3.27. The molecule has 1 saturated heterocycles. The van der Waals surface area contributed by atoms with Gasteiger partial charge in [0.1, 0.15) is 0 Å². The topological polar surface area (TPSA) is 90.3 Å². The maximum absolute atomic E-state index is 12.4. The molecule has 1 aliphatic rings. The Kier molecular flexibility index (Phi) is 6.74. The molecule has 0 saturated carbocycles. The average molecular weight is 288 g/mol. The quantitative estimate of drug-likeness (QED) is 0.737. The minimum atomic E-state index is -0.854. The number of aliphatic hydroxyl groups excluding tert-OH is 1. The van der Waals surface area contributed by atoms with Gasteiger partial charge in [-0.25, -0.2) is 4.79 Å². The summed E-state index contributed by atoms with van der Waals surface area (Å²) in [5.41, 5.74) is 0. The molecule has 2 N–H and O–H groups in total. The molecule has 1 heterocycles. The van der Waals surface area contributed by atoms with Crippen molar-refractivity contribution in [1.82, 2.24) is 9.80 Å². The first kappa shape index (κ1) is 16.7. The van der Waals surface area contributed by atoms with Gasteiger partial charge in [-0.1, -0.05) is 0 Å². The Bertz CT molecular complexity index is 335. The molecule has 20 heavy (non-hydrogen) atoms. The molecule has 0 radical (unpaired) electrons. The van der Waals surface area contributed by atoms with Crippen molar-refractivity contribution in [3.8, 4) is 0 Å². The van der Waals surface area contributed by atoms with Crippen molar-refractivity contribution in [2.45, 2.75) is 38.8 Å². The number of ether oxygens (including phenoxy) is 1. The minimum absolute atomic E-state index is 0.00622. The van der Waals surface area contributed by atoms with E-state index >= 15 is 0 Å². The fourth-order valence-electron chi connectivity index (χ4n) is 2.16. The monoisotopic (exact) mass is 288 g/mol. The zero-order chi connectivity index (χ0) is 15.1. The number of hydrogen-bond acceptors (Lipinski definition) is 4. The van der Waals surface area contributed by atoms with Gasteiger partial charge in [-0.15, -0.1) is 0 Å². The maximum Gasteiger partial charge on any atom is 0.320 e. The molecule has 0 spiro atoms. The summed E-state index contributed by atoms with van der Waals surface area (Å²) in [5, 5.41) is 17.8. The summed E-state index contributed by atoms with van der Waals surface area (Å²) in [6.45, 7) is 5.41. The molecule has 1 rings (SSSR count). The predicted octanol–water partition coefficient (Wildman–Crippen LogP) is 0.375. The van der Waals surface area contributed by atoms with Crippen LogP contribution in [-0.4, -0.2) is 77.0 Å². The number of carboxylic acid groups (broad SMARTS) is 1. The molecule has 0 aromatic heterocycles. The van der Waals surface area contributed by atoms with E-state index < -0.39 is 5.97 Å². The number of urea groups is 1. The highest BCUT2D eigenvalue weighted by molar-refractivity contribution is 5.75. The third-order valence-corrected chi connectivity index (χ3v) is 3.27. The Labute approximate surface area is 119 Å². The molecule has 0 aromatic rings. The molecule has 2 amide bonds. The normalized spacial score (nSPS) is 19.2. The number of hydrogen-bond donors (Lipinski definition) is 2. The summed E-state index contributed by atoms with van der Waals surface area (Å²) in [7, 11) is 0. The van der Waals surface area contributed by atoms with Crippen LogP contribution in [0, 0.1) is 0 Å². The highest BCUT2D eigenvalue weighted by Gasteiger charge is 2.28. The summed E-state index contributed by atoms with van der Waals surface area (Å²) in [6, 6.07) is -0.112. The Morgan fingerprint density at radius 1 is 1.45 bits per heavy atom. The fourth-order valence-corrected chi connectivity index (χ4v) is 2.16. The van der Waals surface area contributed by atoms with E-state index in [4.69, 9.17) is 14.9 Å². The molecule has 1 fully saturated rings. The summed E-state index contributed by atoms with van der Waals surface area (Å²) < 4.78 is 5.32. The zero-order valence-corrected chi connectivity index (χ0v) is 12.1. The van der Waals surface area contributed by atoms with Crippen LogP contribution in [0.5, 0.6) is 0 Å². The van der Waals surface area contributed by atoms with Gasteiger partial charge in [0.25, 0.3) is 0 Å². The van der Waals surface area contributed by atoms with Crippen molar-refractivity contribution in [2.24, 2.45) is 0 Å². The lowest BCUT2D eigenvalue weighted by atomic mass is 10.2. The van der Waals surface area contributed by atoms with Crippen LogP contribution in [0.1, 0.15) is 26.7 Å². The number of rotatable bonds is 6. The molecule has 7 nitrogen and oxygen atoms in total. The number of carbonyl (C=O) groups excluding carboxylic acids is 1. The standard InChI is InChI=1S/C13H24N2O5/c1-10(2)15(5-3-4-12(17)18)13(19)14-6-7-20-11(8-14)9-16/h10-11,16H,3-9H2,1-2H3,(H,17,18). The van der Waals surface area contributed by atoms with Crippen molar-refractivity contribution in [3.05, 3.63) is 0 Å². The van der Waals surface area contributed by atoms with Crippen LogP contribution in [0.15, 0.2) is 0 Å². The first-order valence-corrected chi connectivity index (χ1v) is 6.95. The van der Waals surface area contributed by atoms with Crippen molar-refractivity contribution in [2.75, 3.05) is 32.8 Å². The predicted molar refractivity (Wildman–Crippen MR) is 72.5 cm³/mol. The number of aliphatic hydroxyl groups is 1. The second kappa shape index (κ2) is 8.06. The van der Waals surface area contributed by atoms with E-state index in [2.05, 4.69) is 0 Å². The van der Waals surface area contributed by atoms with Gasteiger partial charge in [0.15, 0.2) is 0 Å². The maximum atomic E-state index is 12.4. The van der Waals surface area contributed by atoms with Gasteiger partial charge in [-0.2, -0.15) is 0 Å². The number of nitrogens with zero attached hydrogens (tertiary/aromatic N) is 2. The Morgan fingerprint density at radius 2 is 2.15 bits per heavy atom. The molecule has 0 aliphatic carbocycles. The Hall–Kier alpha value is -1.34. The van der Waals surface area contributed by atoms with Gasteiger partial charge in [0.05, 0.1) is 25.9 Å². The summed E-state index contributed by atoms with van der Waals surface area (Å²) in [6.07, 6.45) is 0.159. The van der Waals surface area contributed by atoms with Crippen molar-refractivity contribution in [1.29, 1.82) is 0 Å². The largest absolute Gasteiger partial charge is 0.481 e. The SMILES string of the molecule is CC(C)N(CCCC(=O)O)C(=O)N1CCOC(CO)C1. The fraction of sp³-hybridized carbons (Fsp3) is 0.846. The van der Waals surface area contributed by atoms with E-state index in [0.29, 0.717) is 32.7 Å². The highest BCUT2D eigenvalue weighted by Crippen LogP contribution is 2.11. The van der Waals surface area contributed by atoms with Gasteiger partial charge >= 0.3 is 12.0 Å². The van der Waals surface area contributed by atoms with Gasteiger partial charge in [0.2, 0.25) is 0 Å². The molecule has 7 heteroatoms. The van der Waals surface area contributed by atoms with Gasteiger partial charge in [-0.05, 0) is 20.3 Å². The molecule has 1 atom stereocenters. The minimum Gasteiger partial charge on any atom is -0.481 e. The number of carbonyl (C=O) groups is 2. The lowest BCUT2D eigenvalue weighted by Gasteiger charge is -2.37. The highest BCUT2D eigenvalue weighted by atomic mass is 16.5. The first-order valence-electron chi connectivity index (χ1n) is 6.95. The van der Waals surface area contributed by atoms with Crippen molar-refractivity contribution < 1.29 is 24.5 Å². The van der Waals surface area contributed by atoms with Crippen molar-refractivity contribution in [3.63, 3.8) is 0 Å². The average Bonchev–Trinajstić information content (AvgIpc) is 2.42. The second-order valence-corrected chi connectivity index (χ2v) is 5.19. The van der Waals surface area contributed by atoms with Crippen molar-refractivity contribution >= 4 is 12.0 Å². The lowest BCUT2D eigenvalue weighted by molar-refractivity contribution is -0.137. The molecule has 0 bridgehead atoms. The van der Waals surface area contributed by atoms with E-state index in [1.54, 1.807) is 9.80 Å². The van der Waals surface area contributed by atoms with E-state index in [1.807, 2.05) is 13.8 Å². The molecular formula is C13H24N2O5. The lowest BCUT2D eigenvalue weighted by Crippen LogP contribution is -2.53. The molecule has 1 unspecified atom stereocenters. The van der Waals surface area contributed by atoms with Crippen LogP contribution in [-0.2, 0) is 9.53 Å². The Balaban J connectivity index is 2.56. The third kappa shape index (κ3) is 4.97. The van der Waals surface area contributed by atoms with Gasteiger partial charge in [-0.3, -0.25) is 4.79 Å². The number of amides is 2. The number of aliphatic carboxylic acids is 1. The van der Waals surface area contributed by atoms with Crippen LogP contribution in [0.4, 0.5) is 4.79 Å². The van der Waals surface area contributed by atoms with Crippen LogP contribution in [0.25, 0.3) is 0 Å². The zero-order valence-electron chi connectivity index (χ0n) is 12.1. The van der Waals surface area contributed by atoms with Gasteiger partial charge < -0.3 is 24.7 Å². The van der Waals surface area contributed by atoms with E-state index in [-0.39, 0.29) is 31.2 Å². The van der Waals surface area contributed by atoms with Crippen LogP contribution >= 0.6 is 0 Å². The molecular weight excluding hydrogens is 264 g/mol. The first-order chi connectivity index (χ1) is 9.45. The molecule has 116 valence electrons. The molecule has 0 aromatic carbocycles. The van der Waals surface area contributed by atoms with Crippen LogP contribution < -0.4 is 0 Å². The second-order valence-electron chi connectivity index (χ2n) is 5.19. The molecule has 1 aliphatic heterocycles. The Morgan fingerprint density at radius 3 is 2.70 bits per heavy atom. The van der Waals surface area contributed by atoms with Crippen LogP contribution in [0.2, 0.25) is 0 Å². The summed E-state index contributed by atoms with van der Waals surface area (Å²) in [5.74, 6) is -0.854. The number of carboxylic acids is 1. The van der Waals surface area contributed by atoms with E-state index in [1.165, 1.54) is 0 Å². The van der Waals surface area contributed by atoms with E-state index in [0.717, 1.165) is 0 Å². The van der Waals surface area contributed by atoms with Crippen LogP contribution in [0.3, 0.4) is 0 Å². The summed E-state index contributed by atoms with van der Waals surface area (Å²) in [4.78, 5) is 26.3. The van der Waals surface area contributed by atoms with E-state index in [9.17, 15) is 9.59 Å². The smallest absolute Gasteiger partial charge is 0.320 e. The van der Waals surface area contributed by atoms with Gasteiger partial charge in [0, 0.05) is 25.6 Å².